The van der Waals surface area contributed by atoms with Gasteiger partial charge in [-0.1, -0.05) is 6.07 Å². The Morgan fingerprint density at radius 2 is 2.05 bits per heavy atom. The molecule has 5 nitrogen and oxygen atoms in total. The predicted octanol–water partition coefficient (Wildman–Crippen LogP) is 2.67. The van der Waals surface area contributed by atoms with Crippen molar-refractivity contribution < 1.29 is 4.79 Å². The maximum Gasteiger partial charge on any atom is 0.257 e. The van der Waals surface area contributed by atoms with Crippen LogP contribution in [-0.2, 0) is 7.05 Å². The molecule has 0 unspecified atom stereocenters. The molecule has 1 aliphatic rings. The smallest absolute Gasteiger partial charge is 0.257 e. The number of aromatic nitrogens is 1. The summed E-state index contributed by atoms with van der Waals surface area (Å²) >= 11 is 0. The van der Waals surface area contributed by atoms with Gasteiger partial charge in [0, 0.05) is 41.0 Å². The Bertz CT molecular complexity index is 785. The Kier molecular flexibility index (Phi) is 3.71. The number of hydrogen-bond acceptors (Lipinski definition) is 3. The summed E-state index contributed by atoms with van der Waals surface area (Å²) in [5.41, 5.74) is 9.06. The molecule has 0 spiro atoms. The molecule has 0 fully saturated rings. The highest BCUT2D eigenvalue weighted by molar-refractivity contribution is 6.15. The summed E-state index contributed by atoms with van der Waals surface area (Å²) in [6.45, 7) is 0. The Labute approximate surface area is 129 Å². The molecule has 22 heavy (non-hydrogen) atoms. The molecule has 0 atom stereocenters. The summed E-state index contributed by atoms with van der Waals surface area (Å²) < 4.78 is 1.97. The molecule has 0 bridgehead atoms. The third-order valence-electron chi connectivity index (χ3n) is 4.22. The molecule has 5 heteroatoms. The largest absolute Gasteiger partial charge is 0.402 e. The number of carbonyl (C=O) groups is 1. The lowest BCUT2D eigenvalue weighted by Crippen LogP contribution is -2.33. The highest BCUT2D eigenvalue weighted by atomic mass is 16.1. The molecule has 114 valence electrons. The number of allylic oxidation sites excluding steroid dienone is 1. The third kappa shape index (κ3) is 2.50. The lowest BCUT2D eigenvalue weighted by Gasteiger charge is -2.18. The highest BCUT2D eigenvalue weighted by Crippen LogP contribution is 2.22. The number of benzene rings is 1. The summed E-state index contributed by atoms with van der Waals surface area (Å²) in [7, 11) is 1.94. The van der Waals surface area contributed by atoms with E-state index >= 15 is 0 Å². The van der Waals surface area contributed by atoms with Crippen LogP contribution in [0.1, 0.15) is 36.0 Å². The Hall–Kier alpha value is -2.56. The maximum atomic E-state index is 12.5. The summed E-state index contributed by atoms with van der Waals surface area (Å²) in [4.78, 5) is 12.5. The van der Waals surface area contributed by atoms with Crippen molar-refractivity contribution in [1.29, 1.82) is 5.41 Å². The molecule has 1 amide bonds. The van der Waals surface area contributed by atoms with Crippen molar-refractivity contribution in [1.82, 2.24) is 9.88 Å². The third-order valence-corrected chi connectivity index (χ3v) is 4.22. The summed E-state index contributed by atoms with van der Waals surface area (Å²) in [5, 5.41) is 11.7. The van der Waals surface area contributed by atoms with Crippen molar-refractivity contribution >= 4 is 22.6 Å². The number of hydrogen-bond donors (Lipinski definition) is 3. The highest BCUT2D eigenvalue weighted by Gasteiger charge is 2.18. The molecule has 1 aromatic heterocycles. The van der Waals surface area contributed by atoms with Crippen LogP contribution in [-0.4, -0.2) is 16.3 Å². The zero-order valence-electron chi connectivity index (χ0n) is 12.6. The number of aryl methyl sites for hydroxylation is 1. The molecule has 0 radical (unpaired) electrons. The van der Waals surface area contributed by atoms with Crippen molar-refractivity contribution in [3.63, 3.8) is 0 Å². The number of fused-ring (bicyclic) bond motifs is 1. The van der Waals surface area contributed by atoms with Gasteiger partial charge in [-0.2, -0.15) is 0 Å². The molecule has 2 aromatic rings. The van der Waals surface area contributed by atoms with Gasteiger partial charge >= 0.3 is 0 Å². The number of nitrogens with one attached hydrogen (secondary N) is 2. The van der Waals surface area contributed by atoms with Gasteiger partial charge in [-0.15, -0.1) is 0 Å². The fraction of sp³-hybridized carbons (Fsp3) is 0.294. The van der Waals surface area contributed by atoms with Gasteiger partial charge in [-0.3, -0.25) is 10.2 Å². The summed E-state index contributed by atoms with van der Waals surface area (Å²) in [5.74, 6) is -0.122. The molecule has 1 aliphatic carbocycles. The van der Waals surface area contributed by atoms with Crippen molar-refractivity contribution in [2.45, 2.75) is 25.7 Å². The van der Waals surface area contributed by atoms with Gasteiger partial charge in [0.25, 0.3) is 5.91 Å². The molecule has 4 N–H and O–H groups in total. The van der Waals surface area contributed by atoms with E-state index in [-0.39, 0.29) is 11.7 Å². The molecule has 1 heterocycles. The van der Waals surface area contributed by atoms with Crippen molar-refractivity contribution in [2.75, 3.05) is 0 Å². The van der Waals surface area contributed by atoms with Crippen LogP contribution in [0.5, 0.6) is 0 Å². The molecular formula is C17H20N4O. The summed E-state index contributed by atoms with van der Waals surface area (Å²) in [6.07, 6.45) is 5.57. The average Bonchev–Trinajstić information content (AvgIpc) is 2.89. The van der Waals surface area contributed by atoms with Gasteiger partial charge in [-0.25, -0.2) is 0 Å². The van der Waals surface area contributed by atoms with E-state index in [1.807, 2.05) is 36.0 Å². The van der Waals surface area contributed by atoms with Crippen LogP contribution in [0, 0.1) is 5.41 Å². The fourth-order valence-electron chi connectivity index (χ4n) is 2.97. The monoisotopic (exact) mass is 296 g/mol. The molecule has 0 aliphatic heterocycles. The van der Waals surface area contributed by atoms with E-state index in [1.165, 1.54) is 0 Å². The zero-order valence-corrected chi connectivity index (χ0v) is 12.6. The number of nitrogens with two attached hydrogens (primary N) is 1. The molecule has 3 rings (SSSR count). The van der Waals surface area contributed by atoms with E-state index in [1.54, 1.807) is 6.07 Å². The first-order chi connectivity index (χ1) is 10.6. The number of amides is 1. The number of rotatable bonds is 2. The second-order valence-electron chi connectivity index (χ2n) is 5.71. The minimum atomic E-state index is -0.257. The Morgan fingerprint density at radius 3 is 2.82 bits per heavy atom. The lowest BCUT2D eigenvalue weighted by atomic mass is 9.95. The number of amidine groups is 1. The van der Waals surface area contributed by atoms with Crippen LogP contribution in [0.2, 0.25) is 0 Å². The predicted molar refractivity (Wildman–Crippen MR) is 87.8 cm³/mol. The quantitative estimate of drug-likeness (QED) is 0.588. The van der Waals surface area contributed by atoms with Crippen LogP contribution in [0.15, 0.2) is 41.7 Å². The molecular weight excluding hydrogens is 276 g/mol. The minimum absolute atomic E-state index is 0.134. The standard InChI is InChI=1S/C17H20N4O/c1-21-10-9-11-12(6-4-8-15(11)21)17(22)20-16(19)13-5-2-3-7-14(13)18/h4,6,8-10H,2-3,5,7,18H2,1H3,(H2,19,20,22). The van der Waals surface area contributed by atoms with Gasteiger partial charge in [-0.05, 0) is 43.9 Å². The van der Waals surface area contributed by atoms with Gasteiger partial charge in [0.2, 0.25) is 0 Å². The van der Waals surface area contributed by atoms with E-state index in [4.69, 9.17) is 11.1 Å². The lowest BCUT2D eigenvalue weighted by molar-refractivity contribution is 0.0978. The topological polar surface area (TPSA) is 83.9 Å². The van der Waals surface area contributed by atoms with Crippen LogP contribution in [0.4, 0.5) is 0 Å². The first-order valence-corrected chi connectivity index (χ1v) is 7.49. The van der Waals surface area contributed by atoms with Gasteiger partial charge in [0.1, 0.15) is 5.84 Å². The van der Waals surface area contributed by atoms with Crippen LogP contribution in [0.3, 0.4) is 0 Å². The molecule has 0 saturated heterocycles. The van der Waals surface area contributed by atoms with E-state index in [0.29, 0.717) is 5.56 Å². The first-order valence-electron chi connectivity index (χ1n) is 7.49. The fourth-order valence-corrected chi connectivity index (χ4v) is 2.97. The van der Waals surface area contributed by atoms with Crippen LogP contribution >= 0.6 is 0 Å². The van der Waals surface area contributed by atoms with Crippen LogP contribution in [0.25, 0.3) is 10.9 Å². The first kappa shape index (κ1) is 14.4. The van der Waals surface area contributed by atoms with Crippen molar-refractivity contribution in [2.24, 2.45) is 12.8 Å². The van der Waals surface area contributed by atoms with Gasteiger partial charge in [0.15, 0.2) is 0 Å². The second kappa shape index (κ2) is 5.67. The number of nitrogens with zero attached hydrogens (tertiary/aromatic N) is 1. The van der Waals surface area contributed by atoms with Gasteiger partial charge in [0.05, 0.1) is 0 Å². The minimum Gasteiger partial charge on any atom is -0.402 e. The normalized spacial score (nSPS) is 15.1. The van der Waals surface area contributed by atoms with Gasteiger partial charge < -0.3 is 15.6 Å². The van der Waals surface area contributed by atoms with E-state index in [2.05, 4.69) is 5.32 Å². The van der Waals surface area contributed by atoms with E-state index in [0.717, 1.165) is 47.9 Å². The zero-order chi connectivity index (χ0) is 15.7. The SMILES string of the molecule is Cn1ccc2c(C(=O)NC(=N)C3=C(N)CCCC3)cccc21. The maximum absolute atomic E-state index is 12.5. The Morgan fingerprint density at radius 1 is 1.27 bits per heavy atom. The van der Waals surface area contributed by atoms with E-state index in [9.17, 15) is 4.79 Å². The van der Waals surface area contributed by atoms with Crippen molar-refractivity contribution in [3.8, 4) is 0 Å². The molecule has 0 saturated carbocycles. The second-order valence-corrected chi connectivity index (χ2v) is 5.71. The average molecular weight is 296 g/mol. The van der Waals surface area contributed by atoms with Crippen LogP contribution < -0.4 is 11.1 Å². The van der Waals surface area contributed by atoms with E-state index < -0.39 is 0 Å². The summed E-state index contributed by atoms with van der Waals surface area (Å²) in [6, 6.07) is 7.53. The molecule has 1 aromatic carbocycles. The number of carbonyl (C=O) groups excluding carboxylic acids is 1. The Balaban J connectivity index is 1.86. The van der Waals surface area contributed by atoms with Crippen molar-refractivity contribution in [3.05, 3.63) is 47.3 Å².